The van der Waals surface area contributed by atoms with Crippen LogP contribution < -0.4 is 4.90 Å². The quantitative estimate of drug-likeness (QED) is 0.338. The van der Waals surface area contributed by atoms with Gasteiger partial charge in [-0.25, -0.2) is 4.99 Å². The summed E-state index contributed by atoms with van der Waals surface area (Å²) in [4.78, 5) is 18.9. The summed E-state index contributed by atoms with van der Waals surface area (Å²) in [5.41, 5.74) is 2.12. The zero-order valence-corrected chi connectivity index (χ0v) is 16.3. The average Bonchev–Trinajstić information content (AvgIpc) is 2.65. The average molecular weight is 458 g/mol. The van der Waals surface area contributed by atoms with E-state index in [9.17, 15) is 4.79 Å². The molecule has 25 heavy (non-hydrogen) atoms. The van der Waals surface area contributed by atoms with Crippen LogP contribution in [0.2, 0.25) is 0 Å². The van der Waals surface area contributed by atoms with Gasteiger partial charge in [0.15, 0.2) is 0 Å². The molecular weight excluding hydrogens is 444 g/mol. The summed E-state index contributed by atoms with van der Waals surface area (Å²) >= 11 is 6.82. The van der Waals surface area contributed by atoms with E-state index in [2.05, 4.69) is 36.9 Å². The molecule has 0 saturated heterocycles. The summed E-state index contributed by atoms with van der Waals surface area (Å²) in [6.45, 7) is 0. The number of halogens is 2. The van der Waals surface area contributed by atoms with Gasteiger partial charge in [-0.15, -0.1) is 0 Å². The first-order valence-electron chi connectivity index (χ1n) is 7.57. The zero-order valence-electron chi connectivity index (χ0n) is 13.1. The molecule has 0 spiro atoms. The van der Waals surface area contributed by atoms with E-state index in [4.69, 9.17) is 0 Å². The van der Waals surface area contributed by atoms with Gasteiger partial charge >= 0.3 is 0 Å². The zero-order chi connectivity index (χ0) is 17.6. The third-order valence-corrected chi connectivity index (χ3v) is 4.55. The first kappa shape index (κ1) is 17.6. The summed E-state index contributed by atoms with van der Waals surface area (Å²) in [6, 6.07) is 24.3. The number of benzene rings is 3. The summed E-state index contributed by atoms with van der Waals surface area (Å²) in [7, 11) is 0. The lowest BCUT2D eigenvalue weighted by molar-refractivity contribution is 0.100. The Morgan fingerprint density at radius 2 is 1.36 bits per heavy atom. The lowest BCUT2D eigenvalue weighted by atomic mass is 10.2. The van der Waals surface area contributed by atoms with Crippen molar-refractivity contribution in [2.45, 2.75) is 0 Å². The van der Waals surface area contributed by atoms with Crippen molar-refractivity contribution in [1.29, 1.82) is 0 Å². The highest BCUT2D eigenvalue weighted by molar-refractivity contribution is 9.10. The van der Waals surface area contributed by atoms with Crippen LogP contribution in [0, 0.1) is 0 Å². The Bertz CT molecular complexity index is 876. The number of anilines is 1. The Balaban J connectivity index is 1.95. The minimum atomic E-state index is -0.135. The smallest absolute Gasteiger partial charge is 0.263 e. The molecule has 0 aliphatic carbocycles. The normalized spacial score (nSPS) is 10.8. The van der Waals surface area contributed by atoms with Crippen LogP contribution in [0.4, 0.5) is 11.4 Å². The lowest BCUT2D eigenvalue weighted by Crippen LogP contribution is -2.29. The summed E-state index contributed by atoms with van der Waals surface area (Å²) in [5, 5.41) is 0. The lowest BCUT2D eigenvalue weighted by Gasteiger charge is -2.18. The molecule has 1 amide bonds. The number of carbonyl (C=O) groups excluding carboxylic acids is 1. The second-order valence-corrected chi connectivity index (χ2v) is 7.07. The molecule has 0 atom stereocenters. The van der Waals surface area contributed by atoms with Gasteiger partial charge in [-0.2, -0.15) is 0 Å². The predicted octanol–water partition coefficient (Wildman–Crippen LogP) is 6.22. The fourth-order valence-electron chi connectivity index (χ4n) is 2.21. The molecule has 0 fully saturated rings. The highest BCUT2D eigenvalue weighted by atomic mass is 79.9. The maximum Gasteiger partial charge on any atom is 0.263 e. The molecule has 0 N–H and O–H groups in total. The van der Waals surface area contributed by atoms with Crippen molar-refractivity contribution in [3.8, 4) is 0 Å². The molecule has 0 unspecified atom stereocenters. The Hall–Kier alpha value is -2.24. The van der Waals surface area contributed by atoms with Crippen molar-refractivity contribution in [3.63, 3.8) is 0 Å². The summed E-state index contributed by atoms with van der Waals surface area (Å²) < 4.78 is 1.93. The molecule has 0 aromatic heterocycles. The Labute approximate surface area is 163 Å². The van der Waals surface area contributed by atoms with Gasteiger partial charge in [-0.05, 0) is 60.7 Å². The van der Waals surface area contributed by atoms with Crippen LogP contribution in [0.25, 0.3) is 0 Å². The second kappa shape index (κ2) is 8.23. The Morgan fingerprint density at radius 3 is 1.96 bits per heavy atom. The van der Waals surface area contributed by atoms with E-state index in [1.807, 2.05) is 66.7 Å². The molecule has 0 heterocycles. The number of hydrogen-bond donors (Lipinski definition) is 0. The molecule has 0 bridgehead atoms. The summed E-state index contributed by atoms with van der Waals surface area (Å²) in [5.74, 6) is -0.135. The molecule has 3 rings (SSSR count). The van der Waals surface area contributed by atoms with E-state index in [1.165, 1.54) is 0 Å². The maximum atomic E-state index is 12.9. The van der Waals surface area contributed by atoms with Gasteiger partial charge in [-0.1, -0.05) is 50.1 Å². The molecule has 3 aromatic rings. The first-order valence-corrected chi connectivity index (χ1v) is 9.16. The van der Waals surface area contributed by atoms with E-state index in [0.717, 1.165) is 20.3 Å². The van der Waals surface area contributed by atoms with Crippen molar-refractivity contribution in [2.75, 3.05) is 4.90 Å². The van der Waals surface area contributed by atoms with E-state index in [-0.39, 0.29) is 5.91 Å². The molecule has 5 heteroatoms. The van der Waals surface area contributed by atoms with Crippen LogP contribution in [0.1, 0.15) is 10.4 Å². The number of amides is 1. The number of aliphatic imine (C=N–C) groups is 1. The molecule has 0 radical (unpaired) electrons. The van der Waals surface area contributed by atoms with E-state index >= 15 is 0 Å². The monoisotopic (exact) mass is 456 g/mol. The fraction of sp³-hybridized carbons (Fsp3) is 0. The van der Waals surface area contributed by atoms with Crippen molar-refractivity contribution in [2.24, 2.45) is 4.99 Å². The Kier molecular flexibility index (Phi) is 5.79. The molecular formula is C20H14Br2N2O. The van der Waals surface area contributed by atoms with Gasteiger partial charge in [0.25, 0.3) is 5.91 Å². The van der Waals surface area contributed by atoms with Gasteiger partial charge in [0.2, 0.25) is 0 Å². The molecule has 0 aliphatic rings. The van der Waals surface area contributed by atoms with Gasteiger partial charge in [0, 0.05) is 14.5 Å². The third-order valence-electron chi connectivity index (χ3n) is 3.49. The standard InChI is InChI=1S/C20H14Br2N2O/c21-16-6-10-18(11-7-16)23-14-24(19-12-8-17(22)9-13-19)20(25)15-4-2-1-3-5-15/h1-14H. The number of hydrogen-bond acceptors (Lipinski definition) is 2. The van der Waals surface area contributed by atoms with Gasteiger partial charge in [-0.3, -0.25) is 9.69 Å². The predicted molar refractivity (Wildman–Crippen MR) is 110 cm³/mol. The van der Waals surface area contributed by atoms with Gasteiger partial charge in [0.1, 0.15) is 6.34 Å². The largest absolute Gasteiger partial charge is 0.268 e. The van der Waals surface area contributed by atoms with E-state index < -0.39 is 0 Å². The molecule has 3 nitrogen and oxygen atoms in total. The minimum absolute atomic E-state index is 0.135. The molecule has 124 valence electrons. The van der Waals surface area contributed by atoms with Crippen molar-refractivity contribution >= 4 is 55.5 Å². The van der Waals surface area contributed by atoms with Crippen LogP contribution >= 0.6 is 31.9 Å². The highest BCUT2D eigenvalue weighted by Crippen LogP contribution is 2.21. The SMILES string of the molecule is O=C(c1ccccc1)N(C=Nc1ccc(Br)cc1)c1ccc(Br)cc1. The maximum absolute atomic E-state index is 12.9. The van der Waals surface area contributed by atoms with Crippen LogP contribution in [0.3, 0.4) is 0 Å². The topological polar surface area (TPSA) is 32.7 Å². The number of carbonyl (C=O) groups is 1. The van der Waals surface area contributed by atoms with Crippen molar-refractivity contribution in [1.82, 2.24) is 0 Å². The van der Waals surface area contributed by atoms with Crippen LogP contribution in [-0.2, 0) is 0 Å². The van der Waals surface area contributed by atoms with Crippen LogP contribution in [0.15, 0.2) is 92.8 Å². The van der Waals surface area contributed by atoms with Crippen molar-refractivity contribution in [3.05, 3.63) is 93.4 Å². The molecule has 0 saturated carbocycles. The number of nitrogens with zero attached hydrogens (tertiary/aromatic N) is 2. The highest BCUT2D eigenvalue weighted by Gasteiger charge is 2.15. The molecule has 3 aromatic carbocycles. The van der Waals surface area contributed by atoms with Gasteiger partial charge < -0.3 is 0 Å². The molecule has 0 aliphatic heterocycles. The minimum Gasteiger partial charge on any atom is -0.268 e. The van der Waals surface area contributed by atoms with Gasteiger partial charge in [0.05, 0.1) is 11.4 Å². The first-order chi connectivity index (χ1) is 12.1. The summed E-state index contributed by atoms with van der Waals surface area (Å²) in [6.07, 6.45) is 1.56. The van der Waals surface area contributed by atoms with E-state index in [0.29, 0.717) is 5.56 Å². The van der Waals surface area contributed by atoms with Crippen LogP contribution in [0.5, 0.6) is 0 Å². The van der Waals surface area contributed by atoms with Crippen LogP contribution in [-0.4, -0.2) is 12.2 Å². The third kappa shape index (κ3) is 4.65. The van der Waals surface area contributed by atoms with E-state index in [1.54, 1.807) is 23.4 Å². The Morgan fingerprint density at radius 1 is 0.800 bits per heavy atom. The van der Waals surface area contributed by atoms with Crippen molar-refractivity contribution < 1.29 is 4.79 Å². The second-order valence-electron chi connectivity index (χ2n) is 5.24. The number of rotatable bonds is 4. The fourth-order valence-corrected chi connectivity index (χ4v) is 2.74.